The normalized spacial score (nSPS) is 19.9. The summed E-state index contributed by atoms with van der Waals surface area (Å²) < 4.78 is 0. The molecule has 0 aliphatic heterocycles. The van der Waals surface area contributed by atoms with E-state index in [9.17, 15) is 4.79 Å². The molecule has 2 atom stereocenters. The van der Waals surface area contributed by atoms with Gasteiger partial charge in [0.05, 0.1) is 0 Å². The number of hydrogen-bond acceptors (Lipinski definition) is 1. The largest absolute Gasteiger partial charge is 0.300 e. The van der Waals surface area contributed by atoms with Gasteiger partial charge in [-0.1, -0.05) is 66.7 Å². The number of rotatable bonds is 3. The molecule has 1 aliphatic carbocycles. The van der Waals surface area contributed by atoms with E-state index in [-0.39, 0.29) is 0 Å². The summed E-state index contributed by atoms with van der Waals surface area (Å²) in [5.41, 5.74) is 4.17. The summed E-state index contributed by atoms with van der Waals surface area (Å²) in [6.45, 7) is 1.71. The van der Waals surface area contributed by atoms with Crippen LogP contribution in [0.5, 0.6) is 0 Å². The summed E-state index contributed by atoms with van der Waals surface area (Å²) in [7, 11) is 0. The van der Waals surface area contributed by atoms with Crippen LogP contribution in [0, 0.1) is 0 Å². The Morgan fingerprint density at radius 1 is 0.875 bits per heavy atom. The Morgan fingerprint density at radius 2 is 1.58 bits per heavy atom. The van der Waals surface area contributed by atoms with Gasteiger partial charge in [0.2, 0.25) is 0 Å². The van der Waals surface area contributed by atoms with Gasteiger partial charge in [-0.2, -0.15) is 0 Å². The van der Waals surface area contributed by atoms with Gasteiger partial charge < -0.3 is 4.79 Å². The molecule has 1 aliphatic rings. The Bertz CT molecular complexity index is 893. The second kappa shape index (κ2) is 6.24. The monoisotopic (exact) mass is 314 g/mol. The summed E-state index contributed by atoms with van der Waals surface area (Å²) in [5.74, 6) is 1.11. The number of carbonyl (C=O) groups excluding carboxylic acids is 1. The molecule has 4 rings (SSSR count). The molecular weight excluding hydrogens is 292 g/mol. The lowest BCUT2D eigenvalue weighted by atomic mass is 9.72. The average molecular weight is 314 g/mol. The zero-order valence-electron chi connectivity index (χ0n) is 14.0. The van der Waals surface area contributed by atoms with Crippen LogP contribution in [-0.2, 0) is 4.79 Å². The topological polar surface area (TPSA) is 17.1 Å². The molecule has 0 aromatic heterocycles. The summed E-state index contributed by atoms with van der Waals surface area (Å²) >= 11 is 0. The van der Waals surface area contributed by atoms with Crippen molar-refractivity contribution in [2.45, 2.75) is 38.0 Å². The lowest BCUT2D eigenvalue weighted by Crippen LogP contribution is -2.17. The molecule has 0 heterocycles. The van der Waals surface area contributed by atoms with Crippen molar-refractivity contribution in [3.8, 4) is 0 Å². The quantitative estimate of drug-likeness (QED) is 0.594. The lowest BCUT2D eigenvalue weighted by molar-refractivity contribution is -0.117. The molecule has 0 bridgehead atoms. The van der Waals surface area contributed by atoms with Gasteiger partial charge >= 0.3 is 0 Å². The highest BCUT2D eigenvalue weighted by atomic mass is 16.1. The van der Waals surface area contributed by atoms with E-state index >= 15 is 0 Å². The van der Waals surface area contributed by atoms with Crippen LogP contribution in [0.4, 0.5) is 0 Å². The Labute approximate surface area is 143 Å². The molecular formula is C23H22O. The molecule has 0 N–H and O–H groups in total. The molecule has 0 amide bonds. The third kappa shape index (κ3) is 2.75. The number of fused-ring (bicyclic) bond motifs is 2. The summed E-state index contributed by atoms with van der Waals surface area (Å²) in [6, 6.07) is 24.1. The zero-order chi connectivity index (χ0) is 16.5. The van der Waals surface area contributed by atoms with E-state index in [0.717, 1.165) is 12.8 Å². The molecule has 1 unspecified atom stereocenters. The molecule has 3 aromatic carbocycles. The predicted molar refractivity (Wildman–Crippen MR) is 99.5 cm³/mol. The predicted octanol–water partition coefficient (Wildman–Crippen LogP) is 5.83. The number of ketones is 1. The van der Waals surface area contributed by atoms with Crippen molar-refractivity contribution in [2.24, 2.45) is 0 Å². The third-order valence-corrected chi connectivity index (χ3v) is 5.32. The maximum atomic E-state index is 11.6. The Kier molecular flexibility index (Phi) is 3.93. The van der Waals surface area contributed by atoms with Gasteiger partial charge in [0.25, 0.3) is 0 Å². The molecule has 3 aromatic rings. The first-order valence-corrected chi connectivity index (χ1v) is 8.79. The van der Waals surface area contributed by atoms with Gasteiger partial charge in [-0.05, 0) is 53.1 Å². The third-order valence-electron chi connectivity index (χ3n) is 5.32. The smallest absolute Gasteiger partial charge is 0.130 e. The number of Topliss-reactive ketones (excluding diaryl/α,β-unsaturated/α-hetero) is 1. The minimum Gasteiger partial charge on any atom is -0.300 e. The van der Waals surface area contributed by atoms with Crippen LogP contribution in [-0.4, -0.2) is 5.78 Å². The lowest BCUT2D eigenvalue weighted by Gasteiger charge is -2.31. The van der Waals surface area contributed by atoms with Gasteiger partial charge in [0.1, 0.15) is 5.78 Å². The highest BCUT2D eigenvalue weighted by molar-refractivity contribution is 5.83. The van der Waals surface area contributed by atoms with Gasteiger partial charge in [0, 0.05) is 12.3 Å². The van der Waals surface area contributed by atoms with E-state index in [4.69, 9.17) is 0 Å². The van der Waals surface area contributed by atoms with E-state index in [0.29, 0.717) is 24.0 Å². The van der Waals surface area contributed by atoms with Crippen molar-refractivity contribution in [1.29, 1.82) is 0 Å². The molecule has 1 heteroatoms. The Hall–Kier alpha value is -2.41. The fraction of sp³-hybridized carbons (Fsp3) is 0.261. The van der Waals surface area contributed by atoms with Crippen LogP contribution < -0.4 is 0 Å². The highest BCUT2D eigenvalue weighted by Gasteiger charge is 2.28. The van der Waals surface area contributed by atoms with E-state index in [1.54, 1.807) is 6.92 Å². The van der Waals surface area contributed by atoms with Gasteiger partial charge in [-0.15, -0.1) is 0 Å². The SMILES string of the molecule is CC(=O)C[C@@H]1CCC(c2ccc3ccccc3c2)c2ccccc21. The second-order valence-electron chi connectivity index (χ2n) is 6.97. The van der Waals surface area contributed by atoms with Crippen LogP contribution >= 0.6 is 0 Å². The van der Waals surface area contributed by atoms with Crippen molar-refractivity contribution in [1.82, 2.24) is 0 Å². The molecule has 24 heavy (non-hydrogen) atoms. The number of carbonyl (C=O) groups is 1. The van der Waals surface area contributed by atoms with Gasteiger partial charge in [0.15, 0.2) is 0 Å². The molecule has 0 saturated carbocycles. The van der Waals surface area contributed by atoms with Gasteiger partial charge in [-0.25, -0.2) is 0 Å². The summed E-state index contributed by atoms with van der Waals surface area (Å²) in [6.07, 6.45) is 2.88. The first kappa shape index (κ1) is 15.1. The first-order chi connectivity index (χ1) is 11.7. The van der Waals surface area contributed by atoms with Crippen LogP contribution in [0.25, 0.3) is 10.8 Å². The van der Waals surface area contributed by atoms with Crippen LogP contribution in [0.3, 0.4) is 0 Å². The van der Waals surface area contributed by atoms with Gasteiger partial charge in [-0.3, -0.25) is 0 Å². The standard InChI is InChI=1S/C23H22O/c1-16(24)14-19-12-13-22(23-9-5-4-8-21(19)23)20-11-10-17-6-2-3-7-18(17)15-20/h2-11,15,19,22H,12-14H2,1H3/t19-,22?/m0/s1. The van der Waals surface area contributed by atoms with Crippen molar-refractivity contribution in [3.63, 3.8) is 0 Å². The molecule has 0 fully saturated rings. The summed E-state index contributed by atoms with van der Waals surface area (Å²) in [4.78, 5) is 11.6. The van der Waals surface area contributed by atoms with Crippen LogP contribution in [0.15, 0.2) is 66.7 Å². The van der Waals surface area contributed by atoms with Crippen molar-refractivity contribution < 1.29 is 4.79 Å². The second-order valence-corrected chi connectivity index (χ2v) is 6.97. The summed E-state index contributed by atoms with van der Waals surface area (Å²) in [5, 5.41) is 2.60. The molecule has 0 radical (unpaired) electrons. The van der Waals surface area contributed by atoms with E-state index in [1.165, 1.54) is 27.5 Å². The minimum atomic E-state index is 0.291. The minimum absolute atomic E-state index is 0.291. The fourth-order valence-corrected chi connectivity index (χ4v) is 4.21. The molecule has 0 saturated heterocycles. The Balaban J connectivity index is 1.76. The maximum Gasteiger partial charge on any atom is 0.130 e. The molecule has 0 spiro atoms. The number of benzene rings is 3. The first-order valence-electron chi connectivity index (χ1n) is 8.79. The average Bonchev–Trinajstić information content (AvgIpc) is 2.61. The van der Waals surface area contributed by atoms with Crippen LogP contribution in [0.1, 0.15) is 54.7 Å². The zero-order valence-corrected chi connectivity index (χ0v) is 14.0. The highest BCUT2D eigenvalue weighted by Crippen LogP contribution is 2.43. The van der Waals surface area contributed by atoms with Crippen molar-refractivity contribution in [2.75, 3.05) is 0 Å². The molecule has 120 valence electrons. The Morgan fingerprint density at radius 3 is 2.38 bits per heavy atom. The number of hydrogen-bond donors (Lipinski definition) is 0. The fourth-order valence-electron chi connectivity index (χ4n) is 4.21. The van der Waals surface area contributed by atoms with Crippen LogP contribution in [0.2, 0.25) is 0 Å². The van der Waals surface area contributed by atoms with E-state index in [2.05, 4.69) is 66.7 Å². The maximum absolute atomic E-state index is 11.6. The van der Waals surface area contributed by atoms with Crippen molar-refractivity contribution in [3.05, 3.63) is 83.4 Å². The van der Waals surface area contributed by atoms with Crippen molar-refractivity contribution >= 4 is 16.6 Å². The van der Waals surface area contributed by atoms with E-state index < -0.39 is 0 Å². The molecule has 1 nitrogen and oxygen atoms in total. The van der Waals surface area contributed by atoms with E-state index in [1.807, 2.05) is 0 Å².